The van der Waals surface area contributed by atoms with Gasteiger partial charge in [-0.3, -0.25) is 0 Å². The molecule has 3 N–H and O–H groups in total. The van der Waals surface area contributed by atoms with Crippen LogP contribution >= 0.6 is 0 Å². The van der Waals surface area contributed by atoms with Gasteiger partial charge in [0.15, 0.2) is 5.82 Å². The number of nitrogens with zero attached hydrogens (tertiary/aromatic N) is 2. The fourth-order valence-electron chi connectivity index (χ4n) is 2.18. The summed E-state index contributed by atoms with van der Waals surface area (Å²) in [5, 5.41) is 10.1. The predicted octanol–water partition coefficient (Wildman–Crippen LogP) is 1.84. The van der Waals surface area contributed by atoms with Crippen molar-refractivity contribution >= 4 is 11.0 Å². The van der Waals surface area contributed by atoms with Crippen LogP contribution in [0, 0.1) is 5.82 Å². The SMILES string of the molecule is CCCn1c(CC(C)(O)CN)nc2c(F)cccc21. The maximum Gasteiger partial charge on any atom is 0.151 e. The van der Waals surface area contributed by atoms with E-state index in [4.69, 9.17) is 5.73 Å². The molecule has 1 aromatic carbocycles. The van der Waals surface area contributed by atoms with Gasteiger partial charge in [0.2, 0.25) is 0 Å². The van der Waals surface area contributed by atoms with Crippen LogP contribution in [0.15, 0.2) is 18.2 Å². The molecule has 1 heterocycles. The van der Waals surface area contributed by atoms with E-state index in [1.165, 1.54) is 6.07 Å². The fourth-order valence-corrected chi connectivity index (χ4v) is 2.18. The van der Waals surface area contributed by atoms with Crippen LogP contribution in [0.2, 0.25) is 0 Å². The quantitative estimate of drug-likeness (QED) is 0.867. The smallest absolute Gasteiger partial charge is 0.151 e. The molecule has 0 saturated carbocycles. The summed E-state index contributed by atoms with van der Waals surface area (Å²) in [5.74, 6) is 0.346. The second kappa shape index (κ2) is 5.27. The lowest BCUT2D eigenvalue weighted by Crippen LogP contribution is -2.37. The third kappa shape index (κ3) is 2.77. The Balaban J connectivity index is 2.53. The first-order valence-corrected chi connectivity index (χ1v) is 6.54. The number of benzene rings is 1. The Kier molecular flexibility index (Phi) is 3.87. The highest BCUT2D eigenvalue weighted by atomic mass is 19.1. The number of aliphatic hydroxyl groups is 1. The Bertz CT molecular complexity index is 577. The second-order valence-corrected chi connectivity index (χ2v) is 5.17. The highest BCUT2D eigenvalue weighted by molar-refractivity contribution is 5.76. The average Bonchev–Trinajstić information content (AvgIpc) is 2.70. The van der Waals surface area contributed by atoms with Gasteiger partial charge >= 0.3 is 0 Å². The van der Waals surface area contributed by atoms with Crippen molar-refractivity contribution in [2.45, 2.75) is 38.8 Å². The van der Waals surface area contributed by atoms with Crippen LogP contribution in [0.25, 0.3) is 11.0 Å². The summed E-state index contributed by atoms with van der Waals surface area (Å²) in [6, 6.07) is 4.93. The lowest BCUT2D eigenvalue weighted by molar-refractivity contribution is 0.0667. The number of hydrogen-bond donors (Lipinski definition) is 2. The Morgan fingerprint density at radius 3 is 2.84 bits per heavy atom. The summed E-state index contributed by atoms with van der Waals surface area (Å²) in [6.07, 6.45) is 1.23. The Labute approximate surface area is 112 Å². The number of halogens is 1. The van der Waals surface area contributed by atoms with Crippen LogP contribution in [0.4, 0.5) is 4.39 Å². The molecule has 0 bridgehead atoms. The Morgan fingerprint density at radius 1 is 1.47 bits per heavy atom. The molecular formula is C14H20FN3O. The molecule has 0 fully saturated rings. The van der Waals surface area contributed by atoms with Gasteiger partial charge in [0, 0.05) is 19.5 Å². The first-order valence-electron chi connectivity index (χ1n) is 6.54. The van der Waals surface area contributed by atoms with E-state index >= 15 is 0 Å². The summed E-state index contributed by atoms with van der Waals surface area (Å²) >= 11 is 0. The van der Waals surface area contributed by atoms with Crippen LogP contribution < -0.4 is 5.73 Å². The Morgan fingerprint density at radius 2 is 2.21 bits per heavy atom. The molecule has 4 nitrogen and oxygen atoms in total. The molecule has 0 aliphatic carbocycles. The van der Waals surface area contributed by atoms with Crippen molar-refractivity contribution in [3.63, 3.8) is 0 Å². The largest absolute Gasteiger partial charge is 0.388 e. The van der Waals surface area contributed by atoms with E-state index in [1.54, 1.807) is 13.0 Å². The zero-order chi connectivity index (χ0) is 14.0. The van der Waals surface area contributed by atoms with Crippen LogP contribution in [-0.2, 0) is 13.0 Å². The maximum atomic E-state index is 13.8. The molecule has 104 valence electrons. The number of aryl methyl sites for hydroxylation is 1. The van der Waals surface area contributed by atoms with Gasteiger partial charge in [0.1, 0.15) is 11.3 Å². The number of aromatic nitrogens is 2. The standard InChI is InChI=1S/C14H20FN3O/c1-3-7-18-11-6-4-5-10(15)13(11)17-12(18)8-14(2,19)9-16/h4-6,19H,3,7-9,16H2,1-2H3. The Hall–Kier alpha value is -1.46. The predicted molar refractivity (Wildman–Crippen MR) is 73.4 cm³/mol. The zero-order valence-electron chi connectivity index (χ0n) is 11.4. The molecule has 2 aromatic rings. The summed E-state index contributed by atoms with van der Waals surface area (Å²) in [5.41, 5.74) is 5.64. The molecule has 1 atom stereocenters. The first kappa shape index (κ1) is 14.0. The zero-order valence-corrected chi connectivity index (χ0v) is 11.4. The monoisotopic (exact) mass is 265 g/mol. The minimum atomic E-state index is -1.02. The molecule has 1 aromatic heterocycles. The second-order valence-electron chi connectivity index (χ2n) is 5.17. The van der Waals surface area contributed by atoms with Crippen molar-refractivity contribution in [3.8, 4) is 0 Å². The van der Waals surface area contributed by atoms with Gasteiger partial charge in [-0.1, -0.05) is 13.0 Å². The molecule has 0 radical (unpaired) electrons. The van der Waals surface area contributed by atoms with E-state index in [9.17, 15) is 9.50 Å². The molecule has 19 heavy (non-hydrogen) atoms. The number of fused-ring (bicyclic) bond motifs is 1. The van der Waals surface area contributed by atoms with Crippen molar-refractivity contribution in [3.05, 3.63) is 29.8 Å². The van der Waals surface area contributed by atoms with E-state index in [0.29, 0.717) is 17.8 Å². The summed E-state index contributed by atoms with van der Waals surface area (Å²) < 4.78 is 15.7. The molecule has 0 saturated heterocycles. The fraction of sp³-hybridized carbons (Fsp3) is 0.500. The highest BCUT2D eigenvalue weighted by Gasteiger charge is 2.23. The molecule has 0 spiro atoms. The number of hydrogen-bond acceptors (Lipinski definition) is 3. The minimum absolute atomic E-state index is 0.144. The molecule has 1 unspecified atom stereocenters. The van der Waals surface area contributed by atoms with Crippen LogP contribution in [0.1, 0.15) is 26.1 Å². The summed E-state index contributed by atoms with van der Waals surface area (Å²) in [4.78, 5) is 4.34. The maximum absolute atomic E-state index is 13.8. The number of imidazole rings is 1. The van der Waals surface area contributed by atoms with E-state index < -0.39 is 5.60 Å². The highest BCUT2D eigenvalue weighted by Crippen LogP contribution is 2.22. The van der Waals surface area contributed by atoms with Gasteiger partial charge in [-0.05, 0) is 25.5 Å². The van der Waals surface area contributed by atoms with Crippen LogP contribution in [-0.4, -0.2) is 26.8 Å². The first-order chi connectivity index (χ1) is 8.98. The van der Waals surface area contributed by atoms with E-state index in [-0.39, 0.29) is 12.4 Å². The number of nitrogens with two attached hydrogens (primary N) is 1. The summed E-state index contributed by atoms with van der Waals surface area (Å²) in [6.45, 7) is 4.61. The van der Waals surface area contributed by atoms with Crippen molar-refractivity contribution in [2.75, 3.05) is 6.54 Å². The van der Waals surface area contributed by atoms with Gasteiger partial charge in [0.05, 0.1) is 11.1 Å². The van der Waals surface area contributed by atoms with Crippen molar-refractivity contribution in [1.29, 1.82) is 0 Å². The minimum Gasteiger partial charge on any atom is -0.388 e. The lowest BCUT2D eigenvalue weighted by Gasteiger charge is -2.21. The van der Waals surface area contributed by atoms with E-state index in [2.05, 4.69) is 11.9 Å². The van der Waals surface area contributed by atoms with Crippen molar-refractivity contribution in [1.82, 2.24) is 9.55 Å². The van der Waals surface area contributed by atoms with Gasteiger partial charge in [0.25, 0.3) is 0 Å². The number of para-hydroxylation sites is 1. The van der Waals surface area contributed by atoms with E-state index in [0.717, 1.165) is 18.5 Å². The normalized spacial score (nSPS) is 14.8. The van der Waals surface area contributed by atoms with Crippen molar-refractivity contribution in [2.24, 2.45) is 5.73 Å². The van der Waals surface area contributed by atoms with Gasteiger partial charge in [-0.2, -0.15) is 0 Å². The average molecular weight is 265 g/mol. The summed E-state index contributed by atoms with van der Waals surface area (Å²) in [7, 11) is 0. The van der Waals surface area contributed by atoms with Crippen molar-refractivity contribution < 1.29 is 9.50 Å². The number of rotatable bonds is 5. The van der Waals surface area contributed by atoms with Crippen LogP contribution in [0.3, 0.4) is 0 Å². The molecule has 2 rings (SSSR count). The molecule has 5 heteroatoms. The van der Waals surface area contributed by atoms with E-state index in [1.807, 2.05) is 10.6 Å². The molecule has 0 aliphatic rings. The topological polar surface area (TPSA) is 64.1 Å². The van der Waals surface area contributed by atoms with Gasteiger partial charge in [-0.25, -0.2) is 9.37 Å². The van der Waals surface area contributed by atoms with Crippen LogP contribution in [0.5, 0.6) is 0 Å². The molecule has 0 amide bonds. The molecular weight excluding hydrogens is 245 g/mol. The molecule has 0 aliphatic heterocycles. The van der Waals surface area contributed by atoms with Gasteiger partial charge in [-0.15, -0.1) is 0 Å². The third-order valence-corrected chi connectivity index (χ3v) is 3.23. The van der Waals surface area contributed by atoms with Gasteiger partial charge < -0.3 is 15.4 Å². The third-order valence-electron chi connectivity index (χ3n) is 3.23. The lowest BCUT2D eigenvalue weighted by atomic mass is 10.0.